The maximum Gasteiger partial charge on any atom is 0.137 e. The third kappa shape index (κ3) is 3.39. The molecule has 1 atom stereocenters. The molecule has 1 aromatic carbocycles. The highest BCUT2D eigenvalue weighted by Gasteiger charge is 2.13. The zero-order valence-corrected chi connectivity index (χ0v) is 13.3. The van der Waals surface area contributed by atoms with Gasteiger partial charge in [-0.05, 0) is 55.6 Å². The molecule has 2 rings (SSSR count). The summed E-state index contributed by atoms with van der Waals surface area (Å²) in [7, 11) is 0. The molecule has 0 aliphatic rings. The van der Waals surface area contributed by atoms with Crippen LogP contribution in [0.3, 0.4) is 0 Å². The summed E-state index contributed by atoms with van der Waals surface area (Å²) in [6.07, 6.45) is 0.769. The number of thiophene rings is 1. The molecular weight excluding hydrogens is 383 g/mol. The molecule has 1 aromatic heterocycles. The Bertz CT molecular complexity index is 545. The van der Waals surface area contributed by atoms with Crippen molar-refractivity contribution in [2.24, 2.45) is 5.84 Å². The topological polar surface area (TPSA) is 38.0 Å². The van der Waals surface area contributed by atoms with Gasteiger partial charge in [-0.1, -0.05) is 6.07 Å². The number of nitrogens with two attached hydrogens (primary N) is 1. The zero-order chi connectivity index (χ0) is 13.1. The molecule has 0 radical (unpaired) electrons. The number of rotatable bonds is 4. The van der Waals surface area contributed by atoms with Crippen LogP contribution in [0, 0.1) is 5.82 Å². The van der Waals surface area contributed by atoms with E-state index in [9.17, 15) is 4.39 Å². The average molecular weight is 394 g/mol. The minimum atomic E-state index is -0.270. The van der Waals surface area contributed by atoms with Gasteiger partial charge in [-0.3, -0.25) is 11.3 Å². The molecule has 96 valence electrons. The number of hydrogen-bond acceptors (Lipinski definition) is 3. The molecule has 0 aliphatic heterocycles. The first-order valence-corrected chi connectivity index (χ1v) is 7.70. The highest BCUT2D eigenvalue weighted by molar-refractivity contribution is 9.10. The number of hydrazine groups is 1. The zero-order valence-electron chi connectivity index (χ0n) is 9.29. The van der Waals surface area contributed by atoms with Gasteiger partial charge in [-0.25, -0.2) is 4.39 Å². The van der Waals surface area contributed by atoms with Gasteiger partial charge in [-0.2, -0.15) is 0 Å². The van der Waals surface area contributed by atoms with E-state index in [-0.39, 0.29) is 11.9 Å². The number of hydrogen-bond donors (Lipinski definition) is 2. The fraction of sp³-hybridized carbons (Fsp3) is 0.167. The molecule has 2 aromatic rings. The Morgan fingerprint density at radius 1 is 1.33 bits per heavy atom. The van der Waals surface area contributed by atoms with Crippen LogP contribution in [0.25, 0.3) is 0 Å². The fourth-order valence-electron chi connectivity index (χ4n) is 1.66. The summed E-state index contributed by atoms with van der Waals surface area (Å²) in [4.78, 5) is 1.21. The van der Waals surface area contributed by atoms with E-state index in [0.29, 0.717) is 4.47 Å². The fourth-order valence-corrected chi connectivity index (χ4v) is 3.56. The molecule has 0 saturated heterocycles. The van der Waals surface area contributed by atoms with Crippen LogP contribution in [-0.2, 0) is 6.42 Å². The molecule has 0 aliphatic carbocycles. The molecule has 1 unspecified atom stereocenters. The summed E-state index contributed by atoms with van der Waals surface area (Å²) in [6, 6.07) is 6.96. The van der Waals surface area contributed by atoms with Crippen molar-refractivity contribution < 1.29 is 4.39 Å². The molecule has 0 amide bonds. The van der Waals surface area contributed by atoms with Crippen LogP contribution >= 0.6 is 43.2 Å². The molecule has 0 spiro atoms. The normalized spacial score (nSPS) is 12.7. The van der Waals surface area contributed by atoms with Crippen LogP contribution in [0.5, 0.6) is 0 Å². The van der Waals surface area contributed by atoms with Crippen LogP contribution in [0.2, 0.25) is 0 Å². The molecule has 0 saturated carbocycles. The molecular formula is C12H11Br2FN2S. The Balaban J connectivity index is 2.19. The molecule has 0 fully saturated rings. The van der Waals surface area contributed by atoms with Gasteiger partial charge in [0.1, 0.15) is 5.82 Å². The lowest BCUT2D eigenvalue weighted by atomic mass is 10.0. The second-order valence-electron chi connectivity index (χ2n) is 3.83. The third-order valence-electron chi connectivity index (χ3n) is 2.57. The number of halogens is 3. The highest BCUT2D eigenvalue weighted by Crippen LogP contribution is 2.27. The van der Waals surface area contributed by atoms with Gasteiger partial charge in [0.25, 0.3) is 0 Å². The van der Waals surface area contributed by atoms with Crippen molar-refractivity contribution in [3.05, 3.63) is 54.8 Å². The maximum atomic E-state index is 13.2. The standard InChI is InChI=1S/C12H11Br2FN2S/c13-8-4-9(18-6-8)5-12(17-16)7-1-2-11(15)10(14)3-7/h1-4,6,12,17H,5,16H2. The third-order valence-corrected chi connectivity index (χ3v) is 4.90. The van der Waals surface area contributed by atoms with Gasteiger partial charge in [0.2, 0.25) is 0 Å². The largest absolute Gasteiger partial charge is 0.271 e. The van der Waals surface area contributed by atoms with E-state index < -0.39 is 0 Å². The Hall–Kier alpha value is -0.270. The van der Waals surface area contributed by atoms with Crippen LogP contribution < -0.4 is 11.3 Å². The quantitative estimate of drug-likeness (QED) is 0.604. The first-order chi connectivity index (χ1) is 8.60. The van der Waals surface area contributed by atoms with Crippen LogP contribution in [0.1, 0.15) is 16.5 Å². The van der Waals surface area contributed by atoms with Gasteiger partial charge < -0.3 is 0 Å². The van der Waals surface area contributed by atoms with Gasteiger partial charge in [0, 0.05) is 21.2 Å². The van der Waals surface area contributed by atoms with E-state index in [4.69, 9.17) is 5.84 Å². The van der Waals surface area contributed by atoms with Crippen molar-refractivity contribution in [2.75, 3.05) is 0 Å². The van der Waals surface area contributed by atoms with Gasteiger partial charge in [0.05, 0.1) is 10.5 Å². The summed E-state index contributed by atoms with van der Waals surface area (Å²) in [6.45, 7) is 0. The Morgan fingerprint density at radius 3 is 2.67 bits per heavy atom. The first kappa shape index (κ1) is 14.1. The van der Waals surface area contributed by atoms with E-state index in [1.54, 1.807) is 23.5 Å². The molecule has 18 heavy (non-hydrogen) atoms. The Kier molecular flexibility index (Phi) is 4.91. The molecule has 0 bridgehead atoms. The van der Waals surface area contributed by atoms with Crippen molar-refractivity contribution in [3.8, 4) is 0 Å². The molecule has 2 nitrogen and oxygen atoms in total. The summed E-state index contributed by atoms with van der Waals surface area (Å²) in [5.74, 6) is 5.31. The van der Waals surface area contributed by atoms with Crippen LogP contribution in [0.15, 0.2) is 38.6 Å². The summed E-state index contributed by atoms with van der Waals surface area (Å²) in [5.41, 5.74) is 3.72. The minimum absolute atomic E-state index is 0.0348. The Labute approximate surface area is 126 Å². The van der Waals surface area contributed by atoms with Crippen molar-refractivity contribution in [1.29, 1.82) is 0 Å². The van der Waals surface area contributed by atoms with E-state index in [1.807, 2.05) is 5.38 Å². The molecule has 1 heterocycles. The SMILES string of the molecule is NNC(Cc1cc(Br)cs1)c1ccc(F)c(Br)c1. The lowest BCUT2D eigenvalue weighted by Crippen LogP contribution is -2.29. The van der Waals surface area contributed by atoms with Gasteiger partial charge >= 0.3 is 0 Å². The Morgan fingerprint density at radius 2 is 2.11 bits per heavy atom. The van der Waals surface area contributed by atoms with E-state index in [2.05, 4.69) is 43.4 Å². The first-order valence-electron chi connectivity index (χ1n) is 5.24. The second-order valence-corrected chi connectivity index (χ2v) is 6.59. The summed E-state index contributed by atoms with van der Waals surface area (Å²) >= 11 is 8.27. The maximum absolute atomic E-state index is 13.2. The molecule has 3 N–H and O–H groups in total. The van der Waals surface area contributed by atoms with Crippen molar-refractivity contribution in [2.45, 2.75) is 12.5 Å². The lowest BCUT2D eigenvalue weighted by Gasteiger charge is -2.15. The predicted octanol–water partition coefficient (Wildman–Crippen LogP) is 4.16. The van der Waals surface area contributed by atoms with Crippen molar-refractivity contribution in [3.63, 3.8) is 0 Å². The van der Waals surface area contributed by atoms with Crippen LogP contribution in [0.4, 0.5) is 4.39 Å². The highest BCUT2D eigenvalue weighted by atomic mass is 79.9. The predicted molar refractivity (Wildman–Crippen MR) is 79.9 cm³/mol. The lowest BCUT2D eigenvalue weighted by molar-refractivity contribution is 0.552. The average Bonchev–Trinajstić information content (AvgIpc) is 2.75. The van der Waals surface area contributed by atoms with Gasteiger partial charge in [0.15, 0.2) is 0 Å². The van der Waals surface area contributed by atoms with Crippen molar-refractivity contribution in [1.82, 2.24) is 5.43 Å². The summed E-state index contributed by atoms with van der Waals surface area (Å²) in [5, 5.41) is 2.03. The van der Waals surface area contributed by atoms with E-state index in [1.165, 1.54) is 10.9 Å². The number of nitrogens with one attached hydrogen (secondary N) is 1. The van der Waals surface area contributed by atoms with E-state index >= 15 is 0 Å². The smallest absolute Gasteiger partial charge is 0.137 e. The van der Waals surface area contributed by atoms with Crippen molar-refractivity contribution >= 4 is 43.2 Å². The number of benzene rings is 1. The van der Waals surface area contributed by atoms with Crippen LogP contribution in [-0.4, -0.2) is 0 Å². The molecule has 6 heteroatoms. The minimum Gasteiger partial charge on any atom is -0.271 e. The monoisotopic (exact) mass is 392 g/mol. The second kappa shape index (κ2) is 6.25. The summed E-state index contributed by atoms with van der Waals surface area (Å²) < 4.78 is 14.7. The van der Waals surface area contributed by atoms with E-state index in [0.717, 1.165) is 16.5 Å². The van der Waals surface area contributed by atoms with Gasteiger partial charge in [-0.15, -0.1) is 11.3 Å².